The molecule has 2 saturated heterocycles. The van der Waals surface area contributed by atoms with Gasteiger partial charge in [-0.25, -0.2) is 0 Å². The van der Waals surface area contributed by atoms with Crippen LogP contribution in [0.3, 0.4) is 0 Å². The van der Waals surface area contributed by atoms with Gasteiger partial charge in [0.05, 0.1) is 18.2 Å². The SMILES string of the molecule is Cc1cc(C)c(C(NN)C2CC3CCC2O3)cc1C. The number of benzene rings is 1. The van der Waals surface area contributed by atoms with Crippen LogP contribution in [0.2, 0.25) is 0 Å². The average molecular weight is 260 g/mol. The van der Waals surface area contributed by atoms with E-state index in [4.69, 9.17) is 10.6 Å². The third-order valence-corrected chi connectivity index (χ3v) is 4.98. The summed E-state index contributed by atoms with van der Waals surface area (Å²) in [6.45, 7) is 6.51. The number of ether oxygens (including phenoxy) is 1. The molecule has 3 heteroatoms. The molecule has 3 N–H and O–H groups in total. The summed E-state index contributed by atoms with van der Waals surface area (Å²) in [5, 5.41) is 0. The Bertz CT molecular complexity index is 486. The zero-order chi connectivity index (χ0) is 13.6. The smallest absolute Gasteiger partial charge is 0.0627 e. The van der Waals surface area contributed by atoms with E-state index < -0.39 is 0 Å². The van der Waals surface area contributed by atoms with E-state index >= 15 is 0 Å². The number of rotatable bonds is 3. The molecule has 3 nitrogen and oxygen atoms in total. The van der Waals surface area contributed by atoms with Gasteiger partial charge in [0.25, 0.3) is 0 Å². The molecule has 1 aromatic rings. The number of aryl methyl sites for hydroxylation is 3. The minimum absolute atomic E-state index is 0.217. The number of nitrogens with one attached hydrogen (secondary N) is 1. The predicted octanol–water partition coefficient (Wildman–Crippen LogP) is 2.68. The lowest BCUT2D eigenvalue weighted by molar-refractivity contribution is 0.0856. The van der Waals surface area contributed by atoms with Gasteiger partial charge in [0, 0.05) is 5.92 Å². The van der Waals surface area contributed by atoms with Crippen molar-refractivity contribution in [2.45, 2.75) is 58.3 Å². The maximum absolute atomic E-state index is 5.99. The molecule has 2 aliphatic rings. The molecule has 104 valence electrons. The second kappa shape index (κ2) is 4.89. The van der Waals surface area contributed by atoms with Gasteiger partial charge in [0.2, 0.25) is 0 Å². The fourth-order valence-electron chi connectivity index (χ4n) is 3.79. The predicted molar refractivity (Wildman–Crippen MR) is 76.7 cm³/mol. The van der Waals surface area contributed by atoms with E-state index in [1.807, 2.05) is 0 Å². The summed E-state index contributed by atoms with van der Waals surface area (Å²) < 4.78 is 5.99. The van der Waals surface area contributed by atoms with Crippen LogP contribution in [0.15, 0.2) is 12.1 Å². The fraction of sp³-hybridized carbons (Fsp3) is 0.625. The van der Waals surface area contributed by atoms with Crippen LogP contribution in [-0.4, -0.2) is 12.2 Å². The highest BCUT2D eigenvalue weighted by molar-refractivity contribution is 5.38. The lowest BCUT2D eigenvalue weighted by atomic mass is 9.79. The van der Waals surface area contributed by atoms with Crippen molar-refractivity contribution in [3.63, 3.8) is 0 Å². The molecule has 0 aliphatic carbocycles. The molecule has 4 unspecified atom stereocenters. The molecular formula is C16H24N2O. The summed E-state index contributed by atoms with van der Waals surface area (Å²) in [5.74, 6) is 6.39. The Kier molecular flexibility index (Phi) is 3.37. The van der Waals surface area contributed by atoms with Crippen molar-refractivity contribution in [1.82, 2.24) is 5.43 Å². The van der Waals surface area contributed by atoms with Crippen molar-refractivity contribution >= 4 is 0 Å². The van der Waals surface area contributed by atoms with Crippen LogP contribution in [-0.2, 0) is 4.74 Å². The number of hydrogen-bond donors (Lipinski definition) is 2. The van der Waals surface area contributed by atoms with Crippen LogP contribution >= 0.6 is 0 Å². The summed E-state index contributed by atoms with van der Waals surface area (Å²) in [6, 6.07) is 4.78. The third kappa shape index (κ3) is 2.20. The molecule has 0 aromatic heterocycles. The second-order valence-electron chi connectivity index (χ2n) is 6.21. The number of fused-ring (bicyclic) bond motifs is 2. The highest BCUT2D eigenvalue weighted by Gasteiger charge is 2.44. The van der Waals surface area contributed by atoms with Gasteiger partial charge in [0.15, 0.2) is 0 Å². The zero-order valence-electron chi connectivity index (χ0n) is 12.1. The molecule has 0 amide bonds. The second-order valence-corrected chi connectivity index (χ2v) is 6.21. The highest BCUT2D eigenvalue weighted by Crippen LogP contribution is 2.45. The summed E-state index contributed by atoms with van der Waals surface area (Å²) in [7, 11) is 0. The van der Waals surface area contributed by atoms with Crippen LogP contribution in [0, 0.1) is 26.7 Å². The standard InChI is InChI=1S/C16H24N2O/c1-9-6-11(3)13(7-10(9)2)16(18-17)14-8-12-4-5-15(14)19-12/h6-7,12,14-16,18H,4-5,8,17H2,1-3H3. The molecule has 0 spiro atoms. The fourth-order valence-corrected chi connectivity index (χ4v) is 3.79. The van der Waals surface area contributed by atoms with Gasteiger partial charge < -0.3 is 4.74 Å². The molecule has 1 aromatic carbocycles. The van der Waals surface area contributed by atoms with Crippen molar-refractivity contribution in [1.29, 1.82) is 0 Å². The van der Waals surface area contributed by atoms with Gasteiger partial charge in [-0.05, 0) is 62.3 Å². The first-order valence-corrected chi connectivity index (χ1v) is 7.29. The van der Waals surface area contributed by atoms with E-state index in [1.165, 1.54) is 35.1 Å². The minimum atomic E-state index is 0.217. The van der Waals surface area contributed by atoms with Crippen LogP contribution in [0.1, 0.15) is 47.6 Å². The number of hydrogen-bond acceptors (Lipinski definition) is 3. The summed E-state index contributed by atoms with van der Waals surface area (Å²) >= 11 is 0. The first-order valence-electron chi connectivity index (χ1n) is 7.29. The summed E-state index contributed by atoms with van der Waals surface area (Å²) in [4.78, 5) is 0. The summed E-state index contributed by atoms with van der Waals surface area (Å²) in [5.41, 5.74) is 8.41. The topological polar surface area (TPSA) is 47.3 Å². The first-order chi connectivity index (χ1) is 9.10. The average Bonchev–Trinajstić information content (AvgIpc) is 2.99. The molecule has 2 heterocycles. The largest absolute Gasteiger partial charge is 0.375 e. The van der Waals surface area contributed by atoms with E-state index in [9.17, 15) is 0 Å². The Morgan fingerprint density at radius 1 is 1.16 bits per heavy atom. The van der Waals surface area contributed by atoms with Crippen molar-refractivity contribution in [3.8, 4) is 0 Å². The molecule has 2 fully saturated rings. The Morgan fingerprint density at radius 3 is 2.47 bits per heavy atom. The number of hydrazine groups is 1. The minimum Gasteiger partial charge on any atom is -0.375 e. The van der Waals surface area contributed by atoms with E-state index in [-0.39, 0.29) is 6.04 Å². The van der Waals surface area contributed by atoms with Crippen LogP contribution < -0.4 is 11.3 Å². The van der Waals surface area contributed by atoms with Gasteiger partial charge in [-0.15, -0.1) is 0 Å². The van der Waals surface area contributed by atoms with Crippen LogP contribution in [0.4, 0.5) is 0 Å². The van der Waals surface area contributed by atoms with Gasteiger partial charge in [-0.2, -0.15) is 0 Å². The Labute approximate surface area is 115 Å². The van der Waals surface area contributed by atoms with Crippen LogP contribution in [0.5, 0.6) is 0 Å². The van der Waals surface area contributed by atoms with Crippen molar-refractivity contribution in [3.05, 3.63) is 34.4 Å². The molecule has 4 atom stereocenters. The third-order valence-electron chi connectivity index (χ3n) is 4.98. The molecule has 0 saturated carbocycles. The Hall–Kier alpha value is -0.900. The maximum atomic E-state index is 5.99. The van der Waals surface area contributed by atoms with Gasteiger partial charge in [-0.1, -0.05) is 12.1 Å². The monoisotopic (exact) mass is 260 g/mol. The lowest BCUT2D eigenvalue weighted by Crippen LogP contribution is -2.38. The Balaban J connectivity index is 1.92. The molecule has 2 bridgehead atoms. The molecule has 2 aliphatic heterocycles. The van der Waals surface area contributed by atoms with Crippen LogP contribution in [0.25, 0.3) is 0 Å². The summed E-state index contributed by atoms with van der Waals surface area (Å²) in [6.07, 6.45) is 4.43. The van der Waals surface area contributed by atoms with E-state index in [1.54, 1.807) is 0 Å². The van der Waals surface area contributed by atoms with Crippen molar-refractivity contribution < 1.29 is 4.74 Å². The number of nitrogens with two attached hydrogens (primary N) is 1. The van der Waals surface area contributed by atoms with Gasteiger partial charge >= 0.3 is 0 Å². The van der Waals surface area contributed by atoms with Crippen molar-refractivity contribution in [2.75, 3.05) is 0 Å². The van der Waals surface area contributed by atoms with E-state index in [2.05, 4.69) is 38.3 Å². The van der Waals surface area contributed by atoms with Crippen molar-refractivity contribution in [2.24, 2.45) is 11.8 Å². The van der Waals surface area contributed by atoms with E-state index in [0.29, 0.717) is 18.1 Å². The maximum Gasteiger partial charge on any atom is 0.0627 e. The Morgan fingerprint density at radius 2 is 1.89 bits per heavy atom. The molecule has 3 rings (SSSR count). The lowest BCUT2D eigenvalue weighted by Gasteiger charge is -2.29. The molecule has 0 radical (unpaired) electrons. The molecular weight excluding hydrogens is 236 g/mol. The van der Waals surface area contributed by atoms with E-state index in [0.717, 1.165) is 6.42 Å². The first kappa shape index (κ1) is 13.1. The zero-order valence-corrected chi connectivity index (χ0v) is 12.1. The van der Waals surface area contributed by atoms with Gasteiger partial charge in [-0.3, -0.25) is 11.3 Å². The van der Waals surface area contributed by atoms with Gasteiger partial charge in [0.1, 0.15) is 0 Å². The quantitative estimate of drug-likeness (QED) is 0.649. The normalized spacial score (nSPS) is 30.8. The highest BCUT2D eigenvalue weighted by atomic mass is 16.5. The molecule has 19 heavy (non-hydrogen) atoms.